The summed E-state index contributed by atoms with van der Waals surface area (Å²) < 4.78 is 90.5. The van der Waals surface area contributed by atoms with Crippen LogP contribution in [0.25, 0.3) is 10.8 Å². The van der Waals surface area contributed by atoms with Gasteiger partial charge in [0, 0.05) is 23.3 Å². The van der Waals surface area contributed by atoms with Crippen LogP contribution in [0, 0.1) is 5.92 Å². The first-order chi connectivity index (χ1) is 28.1. The number of aromatic nitrogens is 1. The molecule has 7 atom stereocenters. The number of carbonyl (C=O) groups excluding carboxylic acids is 3. The van der Waals surface area contributed by atoms with Crippen molar-refractivity contribution in [2.24, 2.45) is 5.92 Å². The Bertz CT molecular complexity index is 2200. The second-order valence-electron chi connectivity index (χ2n) is 17.4. The molecule has 0 spiro atoms. The van der Waals surface area contributed by atoms with Gasteiger partial charge in [0.2, 0.25) is 33.6 Å². The third-order valence-corrected chi connectivity index (χ3v) is 14.9. The number of allylic oxidation sites excluding steroid dienone is 1. The maximum atomic E-state index is 15.1. The van der Waals surface area contributed by atoms with Gasteiger partial charge in [0.1, 0.15) is 29.3 Å². The van der Waals surface area contributed by atoms with Crippen LogP contribution in [0.4, 0.5) is 18.0 Å². The van der Waals surface area contributed by atoms with E-state index < -0.39 is 98.7 Å². The molecular weight excluding hydrogens is 812 g/mol. The molecule has 0 bridgehead atoms. The van der Waals surface area contributed by atoms with Crippen LogP contribution < -0.4 is 19.5 Å². The van der Waals surface area contributed by atoms with E-state index in [9.17, 15) is 41.1 Å². The van der Waals surface area contributed by atoms with Crippen LogP contribution in [0.5, 0.6) is 11.8 Å². The molecule has 4 amide bonds. The van der Waals surface area contributed by atoms with Crippen molar-refractivity contribution in [3.8, 4) is 11.8 Å². The summed E-state index contributed by atoms with van der Waals surface area (Å²) >= 11 is 0. The predicted molar refractivity (Wildman–Crippen MR) is 211 cm³/mol. The number of aryl methyl sites for hydroxylation is 1. The molecule has 2 saturated carbocycles. The van der Waals surface area contributed by atoms with E-state index in [2.05, 4.69) is 15.0 Å². The summed E-state index contributed by atoms with van der Waals surface area (Å²) in [6.45, 7) is 6.07. The van der Waals surface area contributed by atoms with Gasteiger partial charge in [0.15, 0.2) is 0 Å². The molecule has 19 heteroatoms. The van der Waals surface area contributed by atoms with Gasteiger partial charge in [0.25, 0.3) is 5.91 Å². The van der Waals surface area contributed by atoms with Crippen molar-refractivity contribution < 1.29 is 60.1 Å². The number of fused-ring (bicyclic) bond motifs is 5. The van der Waals surface area contributed by atoms with E-state index in [1.54, 1.807) is 38.1 Å². The molecule has 3 fully saturated rings. The van der Waals surface area contributed by atoms with Crippen LogP contribution in [-0.2, 0) is 35.6 Å². The van der Waals surface area contributed by atoms with Gasteiger partial charge in [-0.05, 0) is 90.5 Å². The zero-order chi connectivity index (χ0) is 43.6. The van der Waals surface area contributed by atoms with Gasteiger partial charge in [-0.1, -0.05) is 37.3 Å². The van der Waals surface area contributed by atoms with E-state index >= 15 is 4.79 Å². The van der Waals surface area contributed by atoms with Gasteiger partial charge in [-0.15, -0.1) is 0 Å². The fourth-order valence-corrected chi connectivity index (χ4v) is 9.85. The Kier molecular flexibility index (Phi) is 11.3. The van der Waals surface area contributed by atoms with Crippen LogP contribution in [0.3, 0.4) is 0 Å². The normalized spacial score (nSPS) is 30.0. The number of halogens is 3. The number of pyridine rings is 1. The van der Waals surface area contributed by atoms with Crippen LogP contribution in [0.15, 0.2) is 36.4 Å². The summed E-state index contributed by atoms with van der Waals surface area (Å²) in [5.41, 5.74) is -3.97. The molecule has 3 N–H and O–H groups in total. The average Bonchev–Trinajstić information content (AvgIpc) is 4.07. The summed E-state index contributed by atoms with van der Waals surface area (Å²) in [5, 5.41) is 14.7. The predicted octanol–water partition coefficient (Wildman–Crippen LogP) is 5.00. The minimum absolute atomic E-state index is 0.0259. The van der Waals surface area contributed by atoms with Crippen molar-refractivity contribution in [1.82, 2.24) is 24.8 Å². The van der Waals surface area contributed by atoms with Crippen LogP contribution in [-0.4, -0.2) is 118 Å². The second-order valence-corrected chi connectivity index (χ2v) is 19.6. The molecule has 3 aliphatic heterocycles. The van der Waals surface area contributed by atoms with E-state index in [0.29, 0.717) is 63.8 Å². The Hall–Kier alpha value is -4.65. The third kappa shape index (κ3) is 7.86. The molecule has 0 unspecified atom stereocenters. The number of nitrogens with zero attached hydrogens (tertiary/aromatic N) is 3. The molecular formula is C41H52F3N5O10S. The van der Waals surface area contributed by atoms with Crippen molar-refractivity contribution in [2.75, 3.05) is 13.2 Å². The maximum absolute atomic E-state index is 15.1. The van der Waals surface area contributed by atoms with Gasteiger partial charge in [0.05, 0.1) is 30.1 Å². The first kappa shape index (κ1) is 43.4. The first-order valence-electron chi connectivity index (χ1n) is 20.5. The van der Waals surface area contributed by atoms with Gasteiger partial charge in [-0.2, -0.15) is 18.2 Å². The third-order valence-electron chi connectivity index (χ3n) is 12.8. The molecule has 60 heavy (non-hydrogen) atoms. The number of carbonyl (C=O) groups is 4. The Morgan fingerprint density at radius 2 is 1.87 bits per heavy atom. The van der Waals surface area contributed by atoms with E-state index in [1.165, 1.54) is 6.92 Å². The highest BCUT2D eigenvalue weighted by Gasteiger charge is 2.64. The molecule has 0 radical (unpaired) electrons. The first-order valence-corrected chi connectivity index (χ1v) is 21.9. The van der Waals surface area contributed by atoms with Crippen LogP contribution >= 0.6 is 0 Å². The minimum Gasteiger partial charge on any atom is -0.477 e. The van der Waals surface area contributed by atoms with E-state index in [1.807, 2.05) is 12.1 Å². The number of rotatable bonds is 8. The van der Waals surface area contributed by atoms with Crippen LogP contribution in [0.2, 0.25) is 0 Å². The lowest BCUT2D eigenvalue weighted by Gasteiger charge is -2.45. The number of sulfonamides is 1. The molecule has 2 aromatic rings. The number of nitrogens with one attached hydrogen (secondary N) is 2. The number of amides is 4. The van der Waals surface area contributed by atoms with E-state index in [4.69, 9.17) is 14.2 Å². The number of ether oxygens (including phenoxy) is 3. The highest BCUT2D eigenvalue weighted by Crippen LogP contribution is 2.48. The van der Waals surface area contributed by atoms with Crippen LogP contribution in [0.1, 0.15) is 91.5 Å². The Morgan fingerprint density at radius 1 is 1.17 bits per heavy atom. The number of alkyl halides is 3. The molecule has 2 aliphatic carbocycles. The zero-order valence-corrected chi connectivity index (χ0v) is 35.0. The lowest BCUT2D eigenvalue weighted by molar-refractivity contribution is -0.226. The molecule has 1 aromatic heterocycles. The highest BCUT2D eigenvalue weighted by atomic mass is 32.2. The number of carboxylic acid groups (broad SMARTS) is 1. The summed E-state index contributed by atoms with van der Waals surface area (Å²) in [6, 6.07) is 3.69. The topological polar surface area (TPSA) is 194 Å². The standard InChI is InChI=1S/C41H52F3N5O10S/c1-6-30-31(49(37(53)54)38(3,4)41(42,43)44)35(51)48-22-25(59-34-28-15-10-9-14-26(28)27-16-11-19-57-33(27)45-34)20-29(48)32(50)46-40(21-24(40)13-8-7-12-23(2)58-30)36(52)47-60(55,56)39(5)17-18-39/h8-10,13-15,23-25,29-31H,6-7,11-12,16-22H2,1-5H3,(H,46,50)(H,47,52)(H,53,54)/b13-8-/t23-,24-,25-,29+,30+,31+,40-/m1/s1. The van der Waals surface area contributed by atoms with E-state index in [0.717, 1.165) is 22.3 Å². The molecule has 5 aliphatic rings. The van der Waals surface area contributed by atoms with Crippen molar-refractivity contribution in [3.05, 3.63) is 42.0 Å². The largest absolute Gasteiger partial charge is 0.477 e. The summed E-state index contributed by atoms with van der Waals surface area (Å²) in [4.78, 5) is 62.6. The number of benzene rings is 1. The molecule has 1 aromatic carbocycles. The quantitative estimate of drug-likeness (QED) is 0.303. The van der Waals surface area contributed by atoms with Crippen molar-refractivity contribution >= 4 is 44.6 Å². The zero-order valence-electron chi connectivity index (χ0n) is 34.2. The van der Waals surface area contributed by atoms with Gasteiger partial charge in [-0.3, -0.25) is 24.0 Å². The fraction of sp³-hybridized carbons (Fsp3) is 0.634. The van der Waals surface area contributed by atoms with E-state index in [-0.39, 0.29) is 30.0 Å². The lowest BCUT2D eigenvalue weighted by Crippen LogP contribution is -2.68. The molecule has 15 nitrogen and oxygen atoms in total. The molecule has 1 saturated heterocycles. The average molecular weight is 864 g/mol. The monoisotopic (exact) mass is 863 g/mol. The summed E-state index contributed by atoms with van der Waals surface area (Å²) in [5.74, 6) is -3.17. The highest BCUT2D eigenvalue weighted by molar-refractivity contribution is 7.91. The smallest absolute Gasteiger partial charge is 0.411 e. The van der Waals surface area contributed by atoms with Gasteiger partial charge < -0.3 is 29.5 Å². The molecule has 328 valence electrons. The summed E-state index contributed by atoms with van der Waals surface area (Å²) in [6.07, 6.45) is -4.34. The van der Waals surface area contributed by atoms with Crippen molar-refractivity contribution in [1.29, 1.82) is 0 Å². The maximum Gasteiger partial charge on any atom is 0.411 e. The molecule has 4 heterocycles. The molecule has 7 rings (SSSR count). The number of hydrogen-bond donors (Lipinski definition) is 3. The fourth-order valence-electron chi connectivity index (χ4n) is 8.54. The Labute approximate surface area is 346 Å². The minimum atomic E-state index is -5.15. The van der Waals surface area contributed by atoms with Gasteiger partial charge in [-0.25, -0.2) is 13.2 Å². The SMILES string of the molecule is CC[C@@H]1O[C@H](C)CC/C=C\[C@@H]2C[C@@]2(C(=O)NS(=O)(=O)C2(C)CC2)NC(=O)[C@@H]2C[C@@H](Oc3nc4c(c5ccccc35)CCCO4)CN2C(=O)[C@H]1N(C(=O)O)C(C)(C)C(F)(F)F. The van der Waals surface area contributed by atoms with Crippen molar-refractivity contribution in [2.45, 2.75) is 145 Å². The Balaban J connectivity index is 1.31. The lowest BCUT2D eigenvalue weighted by atomic mass is 9.95. The Morgan fingerprint density at radius 3 is 2.52 bits per heavy atom. The number of hydrogen-bond acceptors (Lipinski definition) is 10. The van der Waals surface area contributed by atoms with Crippen molar-refractivity contribution in [3.63, 3.8) is 0 Å². The summed E-state index contributed by atoms with van der Waals surface area (Å²) in [7, 11) is -4.14. The van der Waals surface area contributed by atoms with Gasteiger partial charge >= 0.3 is 12.3 Å². The second kappa shape index (κ2) is 15.7.